The Bertz CT molecular complexity index is 1200. The number of aliphatic hydroxyl groups is 1. The highest BCUT2D eigenvalue weighted by atomic mass is 32.1. The molecule has 1 heterocycles. The SMILES string of the molecule is Cc1ccc(C(O)C(=O)c2cccc(-c3ccc(F)cc3)c2-c2cccs2)cc1F. The van der Waals surface area contributed by atoms with Gasteiger partial charge in [-0.1, -0.05) is 48.5 Å². The molecule has 5 heteroatoms. The van der Waals surface area contributed by atoms with Crippen LogP contribution in [0.3, 0.4) is 0 Å². The lowest BCUT2D eigenvalue weighted by Crippen LogP contribution is -2.14. The molecule has 4 aromatic rings. The molecule has 0 aliphatic carbocycles. The van der Waals surface area contributed by atoms with Crippen LogP contribution in [0.4, 0.5) is 8.78 Å². The molecule has 30 heavy (non-hydrogen) atoms. The van der Waals surface area contributed by atoms with E-state index in [0.717, 1.165) is 16.0 Å². The Balaban J connectivity index is 1.85. The summed E-state index contributed by atoms with van der Waals surface area (Å²) in [6, 6.07) is 19.3. The van der Waals surface area contributed by atoms with Crippen molar-refractivity contribution < 1.29 is 18.7 Å². The van der Waals surface area contributed by atoms with Gasteiger partial charge in [-0.15, -0.1) is 11.3 Å². The molecule has 3 aromatic carbocycles. The van der Waals surface area contributed by atoms with E-state index >= 15 is 0 Å². The van der Waals surface area contributed by atoms with Crippen LogP contribution < -0.4 is 0 Å². The van der Waals surface area contributed by atoms with Crippen LogP contribution in [0.1, 0.15) is 27.6 Å². The predicted molar refractivity (Wildman–Crippen MR) is 116 cm³/mol. The summed E-state index contributed by atoms with van der Waals surface area (Å²) < 4.78 is 27.4. The Labute approximate surface area is 177 Å². The lowest BCUT2D eigenvalue weighted by molar-refractivity contribution is 0.0747. The van der Waals surface area contributed by atoms with E-state index in [1.54, 1.807) is 37.3 Å². The number of benzene rings is 3. The molecular formula is C25H18F2O2S. The molecule has 0 saturated carbocycles. The summed E-state index contributed by atoms with van der Waals surface area (Å²) in [4.78, 5) is 14.1. The molecule has 0 radical (unpaired) electrons. The number of thiophene rings is 1. The van der Waals surface area contributed by atoms with Crippen LogP contribution in [-0.4, -0.2) is 10.9 Å². The van der Waals surface area contributed by atoms with E-state index < -0.39 is 17.7 Å². The highest BCUT2D eigenvalue weighted by Gasteiger charge is 2.25. The van der Waals surface area contributed by atoms with Crippen LogP contribution in [0.15, 0.2) is 78.2 Å². The minimum absolute atomic E-state index is 0.201. The largest absolute Gasteiger partial charge is 0.380 e. The van der Waals surface area contributed by atoms with Gasteiger partial charge in [0, 0.05) is 16.0 Å². The van der Waals surface area contributed by atoms with E-state index in [1.807, 2.05) is 23.6 Å². The Kier molecular flexibility index (Phi) is 5.57. The third kappa shape index (κ3) is 3.82. The third-order valence-electron chi connectivity index (χ3n) is 5.01. The van der Waals surface area contributed by atoms with Gasteiger partial charge in [0.2, 0.25) is 0 Å². The second-order valence-corrected chi connectivity index (χ2v) is 7.94. The first kappa shape index (κ1) is 20.1. The molecule has 0 aliphatic heterocycles. The first-order valence-corrected chi connectivity index (χ1v) is 10.2. The lowest BCUT2D eigenvalue weighted by Gasteiger charge is -2.17. The van der Waals surface area contributed by atoms with Gasteiger partial charge in [0.15, 0.2) is 5.78 Å². The predicted octanol–water partition coefficient (Wildman–Crippen LogP) is 6.59. The molecular weight excluding hydrogens is 402 g/mol. The standard InChI is InChI=1S/C25H18F2O2S/c1-15-7-8-17(14-21(15)27)24(28)25(29)20-5-2-4-19(16-9-11-18(26)12-10-16)23(20)22-6-3-13-30-22/h2-14,24,28H,1H3. The van der Waals surface area contributed by atoms with Crippen molar-refractivity contribution in [2.24, 2.45) is 0 Å². The van der Waals surface area contributed by atoms with Crippen molar-refractivity contribution in [1.29, 1.82) is 0 Å². The summed E-state index contributed by atoms with van der Waals surface area (Å²) in [5, 5.41) is 12.6. The molecule has 0 spiro atoms. The van der Waals surface area contributed by atoms with Crippen LogP contribution >= 0.6 is 11.3 Å². The molecule has 0 fully saturated rings. The van der Waals surface area contributed by atoms with Gasteiger partial charge in [0.05, 0.1) is 0 Å². The van der Waals surface area contributed by atoms with Crippen LogP contribution in [0.5, 0.6) is 0 Å². The summed E-state index contributed by atoms with van der Waals surface area (Å²) in [7, 11) is 0. The van der Waals surface area contributed by atoms with Crippen LogP contribution in [0.25, 0.3) is 21.6 Å². The zero-order valence-electron chi connectivity index (χ0n) is 16.1. The third-order valence-corrected chi connectivity index (χ3v) is 5.90. The zero-order chi connectivity index (χ0) is 21.3. The number of ketones is 1. The number of hydrogen-bond donors (Lipinski definition) is 1. The number of carbonyl (C=O) groups excluding carboxylic acids is 1. The first-order valence-electron chi connectivity index (χ1n) is 9.37. The van der Waals surface area contributed by atoms with Crippen LogP contribution in [-0.2, 0) is 0 Å². The monoisotopic (exact) mass is 420 g/mol. The van der Waals surface area contributed by atoms with Crippen molar-refractivity contribution in [3.05, 3.63) is 107 Å². The summed E-state index contributed by atoms with van der Waals surface area (Å²) in [5.41, 5.74) is 3.14. The number of rotatable bonds is 5. The topological polar surface area (TPSA) is 37.3 Å². The van der Waals surface area contributed by atoms with Crippen molar-refractivity contribution in [3.8, 4) is 21.6 Å². The van der Waals surface area contributed by atoms with Crippen LogP contribution in [0, 0.1) is 18.6 Å². The quantitative estimate of drug-likeness (QED) is 0.370. The number of aliphatic hydroxyl groups excluding tert-OH is 1. The molecule has 0 aliphatic rings. The van der Waals surface area contributed by atoms with Crippen molar-refractivity contribution in [3.63, 3.8) is 0 Å². The van der Waals surface area contributed by atoms with Gasteiger partial charge in [-0.05, 0) is 58.8 Å². The first-order chi connectivity index (χ1) is 14.5. The molecule has 0 bridgehead atoms. The minimum Gasteiger partial charge on any atom is -0.380 e. The molecule has 1 N–H and O–H groups in total. The average Bonchev–Trinajstić information content (AvgIpc) is 3.29. The summed E-state index contributed by atoms with van der Waals surface area (Å²) in [6.45, 7) is 1.62. The molecule has 1 unspecified atom stereocenters. The molecule has 1 atom stereocenters. The number of hydrogen-bond acceptors (Lipinski definition) is 3. The number of halogens is 2. The van der Waals surface area contributed by atoms with E-state index in [-0.39, 0.29) is 11.4 Å². The van der Waals surface area contributed by atoms with Gasteiger partial charge < -0.3 is 5.11 Å². The highest BCUT2D eigenvalue weighted by Crippen LogP contribution is 2.39. The maximum absolute atomic E-state index is 14.0. The molecule has 2 nitrogen and oxygen atoms in total. The molecule has 0 amide bonds. The van der Waals surface area contributed by atoms with Gasteiger partial charge in [0.25, 0.3) is 0 Å². The van der Waals surface area contributed by atoms with Crippen molar-refractivity contribution in [2.45, 2.75) is 13.0 Å². The minimum atomic E-state index is -1.50. The lowest BCUT2D eigenvalue weighted by atomic mass is 9.89. The fourth-order valence-corrected chi connectivity index (χ4v) is 4.19. The van der Waals surface area contributed by atoms with Crippen molar-refractivity contribution in [1.82, 2.24) is 0 Å². The summed E-state index contributed by atoms with van der Waals surface area (Å²) in [6.07, 6.45) is -1.50. The van der Waals surface area contributed by atoms with E-state index in [1.165, 1.54) is 35.6 Å². The fourth-order valence-electron chi connectivity index (χ4n) is 3.39. The maximum Gasteiger partial charge on any atom is 0.196 e. The van der Waals surface area contributed by atoms with Crippen molar-refractivity contribution >= 4 is 17.1 Å². The Morgan fingerprint density at radius 2 is 1.73 bits per heavy atom. The van der Waals surface area contributed by atoms with Crippen LogP contribution in [0.2, 0.25) is 0 Å². The average molecular weight is 420 g/mol. The number of carbonyl (C=O) groups is 1. The molecule has 150 valence electrons. The maximum atomic E-state index is 14.0. The highest BCUT2D eigenvalue weighted by molar-refractivity contribution is 7.13. The smallest absolute Gasteiger partial charge is 0.196 e. The Hall–Kier alpha value is -3.15. The second kappa shape index (κ2) is 8.30. The second-order valence-electron chi connectivity index (χ2n) is 6.99. The number of Topliss-reactive ketones (excluding diaryl/α,β-unsaturated/α-hetero) is 1. The van der Waals surface area contributed by atoms with Crippen molar-refractivity contribution in [2.75, 3.05) is 0 Å². The van der Waals surface area contributed by atoms with E-state index in [0.29, 0.717) is 16.7 Å². The van der Waals surface area contributed by atoms with E-state index in [2.05, 4.69) is 0 Å². The van der Waals surface area contributed by atoms with Gasteiger partial charge in [-0.25, -0.2) is 8.78 Å². The Morgan fingerprint density at radius 1 is 0.967 bits per heavy atom. The molecule has 4 rings (SSSR count). The van der Waals surface area contributed by atoms with Gasteiger partial charge in [-0.2, -0.15) is 0 Å². The summed E-state index contributed by atoms with van der Waals surface area (Å²) >= 11 is 1.46. The summed E-state index contributed by atoms with van der Waals surface area (Å²) in [5.74, 6) is -1.34. The van der Waals surface area contributed by atoms with Gasteiger partial charge in [0.1, 0.15) is 17.7 Å². The fraction of sp³-hybridized carbons (Fsp3) is 0.0800. The van der Waals surface area contributed by atoms with E-state index in [4.69, 9.17) is 0 Å². The van der Waals surface area contributed by atoms with Gasteiger partial charge in [-0.3, -0.25) is 4.79 Å². The molecule has 0 saturated heterocycles. The number of aryl methyl sites for hydroxylation is 1. The van der Waals surface area contributed by atoms with E-state index in [9.17, 15) is 18.7 Å². The normalized spacial score (nSPS) is 12.0. The molecule has 1 aromatic heterocycles. The Morgan fingerprint density at radius 3 is 2.40 bits per heavy atom. The van der Waals surface area contributed by atoms with Gasteiger partial charge >= 0.3 is 0 Å². The zero-order valence-corrected chi connectivity index (χ0v) is 16.9.